The van der Waals surface area contributed by atoms with Crippen molar-refractivity contribution in [1.29, 1.82) is 0 Å². The third-order valence-electron chi connectivity index (χ3n) is 9.89. The second-order valence-corrected chi connectivity index (χ2v) is 16.5. The maximum absolute atomic E-state index is 6.49. The predicted octanol–water partition coefficient (Wildman–Crippen LogP) is 15.5. The summed E-state index contributed by atoms with van der Waals surface area (Å²) in [6.07, 6.45) is 12.2. The molecular weight excluding hydrogens is 657 g/mol. The second kappa shape index (κ2) is 13.3. The highest BCUT2D eigenvalue weighted by atomic mass is 32.1. The standard InChI is InChI=1S/C44H38O2S3/c1-2-3-4-5-6-7-8-9-12-29-16-22-39(47-29)40-25-26-42(49-40)41-24-23-38(48-41)28-15-17-33-37(27-28)46-36-21-19-30-31(44(33)36)18-20-35-43(30)32-13-10-11-14-34(32)45-35/h10-11,13-27H,2-9,12H2,1H3. The molecule has 0 atom stereocenters. The Labute approximate surface area is 298 Å². The van der Waals surface area contributed by atoms with Crippen LogP contribution < -0.4 is 0 Å². The van der Waals surface area contributed by atoms with Crippen molar-refractivity contribution in [2.45, 2.75) is 64.7 Å². The van der Waals surface area contributed by atoms with Crippen molar-refractivity contribution in [2.75, 3.05) is 0 Å². The Kier molecular flexibility index (Phi) is 8.36. The SMILES string of the molecule is CCCCCCCCCCc1ccc(-c2ccc(-c3ccc(-c4ccc5c(c4)oc4ccc6c(ccc7oc8ccccc8c76)c45)s3)s2)s1. The monoisotopic (exact) mass is 694 g/mol. The summed E-state index contributed by atoms with van der Waals surface area (Å²) in [7, 11) is 0. The van der Waals surface area contributed by atoms with Crippen molar-refractivity contribution >= 4 is 88.7 Å². The van der Waals surface area contributed by atoms with Gasteiger partial charge in [-0.05, 0) is 108 Å². The molecule has 244 valence electrons. The van der Waals surface area contributed by atoms with Gasteiger partial charge in [0.2, 0.25) is 0 Å². The Morgan fingerprint density at radius 3 is 1.71 bits per heavy atom. The maximum Gasteiger partial charge on any atom is 0.136 e. The lowest BCUT2D eigenvalue weighted by Crippen LogP contribution is -1.83. The molecule has 0 N–H and O–H groups in total. The minimum Gasteiger partial charge on any atom is -0.456 e. The van der Waals surface area contributed by atoms with Gasteiger partial charge in [0.25, 0.3) is 0 Å². The van der Waals surface area contributed by atoms with Gasteiger partial charge in [-0.25, -0.2) is 0 Å². The van der Waals surface area contributed by atoms with Crippen LogP contribution in [0.15, 0.2) is 112 Å². The van der Waals surface area contributed by atoms with E-state index in [1.54, 1.807) is 0 Å². The molecule has 0 radical (unpaired) electrons. The quantitative estimate of drug-likeness (QED) is 0.119. The number of unbranched alkanes of at least 4 members (excludes halogenated alkanes) is 7. The van der Waals surface area contributed by atoms with Crippen molar-refractivity contribution in [3.8, 4) is 29.9 Å². The molecule has 5 heteroatoms. The van der Waals surface area contributed by atoms with Crippen LogP contribution in [0.3, 0.4) is 0 Å². The zero-order chi connectivity index (χ0) is 32.7. The first-order valence-corrected chi connectivity index (χ1v) is 20.2. The van der Waals surface area contributed by atoms with E-state index in [0.717, 1.165) is 33.1 Å². The molecule has 2 nitrogen and oxygen atoms in total. The topological polar surface area (TPSA) is 26.3 Å². The minimum absolute atomic E-state index is 0.916. The van der Waals surface area contributed by atoms with E-state index in [2.05, 4.69) is 97.9 Å². The summed E-state index contributed by atoms with van der Waals surface area (Å²) in [5.74, 6) is 0. The average Bonchev–Trinajstić information content (AvgIpc) is 3.97. The number of fused-ring (bicyclic) bond motifs is 9. The Balaban J connectivity index is 0.933. The van der Waals surface area contributed by atoms with Gasteiger partial charge in [0.15, 0.2) is 0 Å². The first kappa shape index (κ1) is 30.9. The molecule has 0 amide bonds. The lowest BCUT2D eigenvalue weighted by atomic mass is 9.99. The highest BCUT2D eigenvalue weighted by Gasteiger charge is 2.17. The van der Waals surface area contributed by atoms with Crippen molar-refractivity contribution in [1.82, 2.24) is 0 Å². The van der Waals surface area contributed by atoms with E-state index < -0.39 is 0 Å². The zero-order valence-electron chi connectivity index (χ0n) is 27.7. The van der Waals surface area contributed by atoms with Gasteiger partial charge >= 0.3 is 0 Å². The van der Waals surface area contributed by atoms with Crippen LogP contribution in [-0.2, 0) is 6.42 Å². The molecule has 0 aliphatic carbocycles. The van der Waals surface area contributed by atoms with Gasteiger partial charge in [-0.1, -0.05) is 76.1 Å². The molecule has 49 heavy (non-hydrogen) atoms. The molecule has 9 rings (SSSR count). The number of furan rings is 2. The van der Waals surface area contributed by atoms with E-state index in [0.29, 0.717) is 0 Å². The molecule has 9 aromatic rings. The fourth-order valence-electron chi connectivity index (χ4n) is 7.36. The number of rotatable bonds is 12. The largest absolute Gasteiger partial charge is 0.456 e. The highest BCUT2D eigenvalue weighted by molar-refractivity contribution is 7.27. The second-order valence-electron chi connectivity index (χ2n) is 13.2. The van der Waals surface area contributed by atoms with Crippen LogP contribution in [0.5, 0.6) is 0 Å². The van der Waals surface area contributed by atoms with E-state index in [4.69, 9.17) is 8.83 Å². The van der Waals surface area contributed by atoms with Gasteiger partial charge in [0.1, 0.15) is 22.3 Å². The number of para-hydroxylation sites is 1. The minimum atomic E-state index is 0.916. The van der Waals surface area contributed by atoms with Gasteiger partial charge in [0, 0.05) is 50.8 Å². The van der Waals surface area contributed by atoms with E-state index >= 15 is 0 Å². The van der Waals surface area contributed by atoms with Gasteiger partial charge in [-0.3, -0.25) is 0 Å². The first-order chi connectivity index (χ1) is 24.2. The Morgan fingerprint density at radius 2 is 0.980 bits per heavy atom. The summed E-state index contributed by atoms with van der Waals surface area (Å²) in [5.41, 5.74) is 4.87. The van der Waals surface area contributed by atoms with E-state index in [1.165, 1.54) is 114 Å². The van der Waals surface area contributed by atoms with E-state index in [1.807, 2.05) is 46.1 Å². The summed E-state index contributed by atoms with van der Waals surface area (Å²) in [4.78, 5) is 8.19. The number of aryl methyl sites for hydroxylation is 1. The van der Waals surface area contributed by atoms with Crippen LogP contribution in [0.25, 0.3) is 84.6 Å². The molecule has 0 fully saturated rings. The fraction of sp³-hybridized carbons (Fsp3) is 0.227. The summed E-state index contributed by atoms with van der Waals surface area (Å²) in [6.45, 7) is 2.29. The van der Waals surface area contributed by atoms with Crippen LogP contribution in [0.4, 0.5) is 0 Å². The molecular formula is C44H38O2S3. The summed E-state index contributed by atoms with van der Waals surface area (Å²) >= 11 is 5.74. The van der Waals surface area contributed by atoms with Gasteiger partial charge in [0.05, 0.1) is 0 Å². The predicted molar refractivity (Wildman–Crippen MR) is 215 cm³/mol. The molecule has 0 spiro atoms. The van der Waals surface area contributed by atoms with Crippen molar-refractivity contribution in [3.63, 3.8) is 0 Å². The molecule has 4 aromatic carbocycles. The molecule has 0 saturated carbocycles. The summed E-state index contributed by atoms with van der Waals surface area (Å²) < 4.78 is 12.7. The maximum atomic E-state index is 6.49. The summed E-state index contributed by atoms with van der Waals surface area (Å²) in [6, 6.07) is 37.4. The summed E-state index contributed by atoms with van der Waals surface area (Å²) in [5, 5.41) is 7.02. The Morgan fingerprint density at radius 1 is 0.429 bits per heavy atom. The molecule has 0 unspecified atom stereocenters. The molecule has 5 aromatic heterocycles. The molecule has 0 bridgehead atoms. The van der Waals surface area contributed by atoms with Crippen molar-refractivity contribution in [3.05, 3.63) is 108 Å². The lowest BCUT2D eigenvalue weighted by molar-refractivity contribution is 0.576. The molecule has 5 heterocycles. The fourth-order valence-corrected chi connectivity index (χ4v) is 10.6. The van der Waals surface area contributed by atoms with E-state index in [9.17, 15) is 0 Å². The number of benzene rings is 4. The Hall–Kier alpha value is -4.16. The highest BCUT2D eigenvalue weighted by Crippen LogP contribution is 2.44. The van der Waals surface area contributed by atoms with E-state index in [-0.39, 0.29) is 0 Å². The number of thiophene rings is 3. The van der Waals surface area contributed by atoms with Crippen LogP contribution >= 0.6 is 34.0 Å². The van der Waals surface area contributed by atoms with Gasteiger partial charge in [-0.2, -0.15) is 0 Å². The normalized spacial score (nSPS) is 12.1. The Bertz CT molecular complexity index is 2570. The first-order valence-electron chi connectivity index (χ1n) is 17.7. The van der Waals surface area contributed by atoms with Crippen molar-refractivity contribution in [2.24, 2.45) is 0 Å². The van der Waals surface area contributed by atoms with Crippen LogP contribution in [0, 0.1) is 0 Å². The zero-order valence-corrected chi connectivity index (χ0v) is 30.2. The number of hydrogen-bond donors (Lipinski definition) is 0. The smallest absolute Gasteiger partial charge is 0.136 e. The third kappa shape index (κ3) is 5.82. The van der Waals surface area contributed by atoms with Crippen molar-refractivity contribution < 1.29 is 8.83 Å². The van der Waals surface area contributed by atoms with Crippen LogP contribution in [0.1, 0.15) is 63.2 Å². The molecule has 0 aliphatic rings. The number of hydrogen-bond acceptors (Lipinski definition) is 5. The van der Waals surface area contributed by atoms with Crippen LogP contribution in [-0.4, -0.2) is 0 Å². The third-order valence-corrected chi connectivity index (χ3v) is 13.6. The molecule has 0 saturated heterocycles. The van der Waals surface area contributed by atoms with Gasteiger partial charge in [-0.15, -0.1) is 34.0 Å². The van der Waals surface area contributed by atoms with Gasteiger partial charge < -0.3 is 8.83 Å². The van der Waals surface area contributed by atoms with Crippen LogP contribution in [0.2, 0.25) is 0 Å². The molecule has 0 aliphatic heterocycles. The average molecular weight is 695 g/mol. The lowest BCUT2D eigenvalue weighted by Gasteiger charge is -2.02.